The number of rotatable bonds is 3. The molecule has 0 N–H and O–H groups in total. The van der Waals surface area contributed by atoms with Crippen molar-refractivity contribution < 1.29 is 9.59 Å². The molecule has 0 aliphatic carbocycles. The van der Waals surface area contributed by atoms with Crippen LogP contribution in [0.15, 0.2) is 48.6 Å². The number of imide groups is 1. The van der Waals surface area contributed by atoms with Crippen molar-refractivity contribution in [3.05, 3.63) is 48.6 Å². The lowest BCUT2D eigenvalue weighted by atomic mass is 10.1. The second kappa shape index (κ2) is 3.92. The maximum atomic E-state index is 11.4. The Morgan fingerprint density at radius 3 is 2.21 bits per heavy atom. The molecular weight excluding hydrogens is 177 g/mol. The molecule has 2 radical (unpaired) electrons. The summed E-state index contributed by atoms with van der Waals surface area (Å²) in [5, 5.41) is 0. The van der Waals surface area contributed by atoms with Gasteiger partial charge in [0.15, 0.2) is 0 Å². The fourth-order valence-electron chi connectivity index (χ4n) is 1.10. The minimum absolute atomic E-state index is 0.218. The zero-order valence-electron chi connectivity index (χ0n) is 7.56. The standard InChI is InChI=1S/C10H8BNO2/c1-3-5-6-8-7(4-2)9(13)12(11)10(8)14/h3-6H,1-2H2/b6-5-. The molecule has 0 saturated heterocycles. The molecule has 1 aliphatic rings. The highest BCUT2D eigenvalue weighted by molar-refractivity contribution is 6.36. The summed E-state index contributed by atoms with van der Waals surface area (Å²) in [4.78, 5) is 23.3. The molecule has 0 spiro atoms. The van der Waals surface area contributed by atoms with Crippen LogP contribution in [0.25, 0.3) is 0 Å². The first-order chi connectivity index (χ1) is 6.63. The lowest BCUT2D eigenvalue weighted by molar-refractivity contribution is -0.131. The number of hydrogen-bond donors (Lipinski definition) is 0. The summed E-state index contributed by atoms with van der Waals surface area (Å²) in [6.07, 6.45) is 5.86. The minimum atomic E-state index is -0.534. The monoisotopic (exact) mass is 185 g/mol. The van der Waals surface area contributed by atoms with E-state index in [0.29, 0.717) is 4.81 Å². The Bertz CT molecular complexity index is 380. The van der Waals surface area contributed by atoms with Crippen molar-refractivity contribution in [3.8, 4) is 0 Å². The van der Waals surface area contributed by atoms with Crippen molar-refractivity contribution in [2.24, 2.45) is 0 Å². The molecule has 0 atom stereocenters. The maximum Gasteiger partial charge on any atom is 0.248 e. The van der Waals surface area contributed by atoms with Gasteiger partial charge in [0, 0.05) is 0 Å². The van der Waals surface area contributed by atoms with Crippen LogP contribution in [-0.4, -0.2) is 24.6 Å². The number of nitrogens with zero attached hydrogens (tertiary/aromatic N) is 1. The van der Waals surface area contributed by atoms with E-state index in [1.807, 2.05) is 0 Å². The summed E-state index contributed by atoms with van der Waals surface area (Å²) in [6, 6.07) is 0. The molecule has 0 unspecified atom stereocenters. The van der Waals surface area contributed by atoms with Crippen LogP contribution in [0.3, 0.4) is 0 Å². The van der Waals surface area contributed by atoms with E-state index in [9.17, 15) is 9.59 Å². The normalized spacial score (nSPS) is 17.0. The van der Waals surface area contributed by atoms with Gasteiger partial charge in [-0.25, -0.2) is 0 Å². The predicted molar refractivity (Wildman–Crippen MR) is 54.2 cm³/mol. The van der Waals surface area contributed by atoms with Crippen LogP contribution in [0.2, 0.25) is 0 Å². The highest BCUT2D eigenvalue weighted by Gasteiger charge is 2.31. The second-order valence-corrected chi connectivity index (χ2v) is 2.61. The summed E-state index contributed by atoms with van der Waals surface area (Å²) in [5.41, 5.74) is 0.461. The molecule has 1 rings (SSSR count). The van der Waals surface area contributed by atoms with Gasteiger partial charge >= 0.3 is 0 Å². The van der Waals surface area contributed by atoms with Crippen molar-refractivity contribution in [2.45, 2.75) is 0 Å². The van der Waals surface area contributed by atoms with E-state index in [1.165, 1.54) is 18.2 Å². The second-order valence-electron chi connectivity index (χ2n) is 2.61. The molecular formula is C10H8BNO2. The molecule has 2 amide bonds. The van der Waals surface area contributed by atoms with Gasteiger partial charge in [-0.15, -0.1) is 0 Å². The fraction of sp³-hybridized carbons (Fsp3) is 0. The van der Waals surface area contributed by atoms with Crippen molar-refractivity contribution in [1.29, 1.82) is 0 Å². The molecule has 0 aromatic rings. The smallest absolute Gasteiger partial charge is 0.248 e. The summed E-state index contributed by atoms with van der Waals surface area (Å²) < 4.78 is 0. The quantitative estimate of drug-likeness (QED) is 0.368. The molecule has 0 aromatic carbocycles. The Labute approximate surface area is 83.5 Å². The molecule has 68 valence electrons. The Morgan fingerprint density at radius 1 is 1.14 bits per heavy atom. The van der Waals surface area contributed by atoms with Crippen LogP contribution in [0.4, 0.5) is 0 Å². The number of carbonyl (C=O) groups excluding carboxylic acids is 2. The molecule has 1 heterocycles. The molecule has 1 aliphatic heterocycles. The minimum Gasteiger partial charge on any atom is -0.332 e. The van der Waals surface area contributed by atoms with E-state index in [-0.39, 0.29) is 11.1 Å². The van der Waals surface area contributed by atoms with E-state index in [4.69, 9.17) is 7.98 Å². The number of hydrogen-bond acceptors (Lipinski definition) is 2. The first-order valence-electron chi connectivity index (χ1n) is 3.92. The number of amides is 2. The van der Waals surface area contributed by atoms with Crippen molar-refractivity contribution in [2.75, 3.05) is 0 Å². The third kappa shape index (κ3) is 1.46. The van der Waals surface area contributed by atoms with Crippen LogP contribution in [0.1, 0.15) is 0 Å². The summed E-state index contributed by atoms with van der Waals surface area (Å²) >= 11 is 0. The van der Waals surface area contributed by atoms with Crippen LogP contribution >= 0.6 is 0 Å². The molecule has 0 saturated carbocycles. The summed E-state index contributed by atoms with van der Waals surface area (Å²) in [5.74, 6) is -1.06. The van der Waals surface area contributed by atoms with E-state index in [2.05, 4.69) is 13.2 Å². The average molecular weight is 185 g/mol. The molecule has 0 fully saturated rings. The van der Waals surface area contributed by atoms with Gasteiger partial charge in [0.05, 0.1) is 11.1 Å². The van der Waals surface area contributed by atoms with Gasteiger partial charge in [-0.2, -0.15) is 0 Å². The molecule has 0 bridgehead atoms. The van der Waals surface area contributed by atoms with Gasteiger partial charge in [-0.3, -0.25) is 9.59 Å². The SMILES string of the molecule is [B]N1C(=O)C(C=C)=C(/C=C\C=C)C1=O. The third-order valence-electron chi connectivity index (χ3n) is 1.79. The van der Waals surface area contributed by atoms with Crippen LogP contribution in [-0.2, 0) is 9.59 Å². The zero-order chi connectivity index (χ0) is 10.7. The molecule has 3 nitrogen and oxygen atoms in total. The topological polar surface area (TPSA) is 37.4 Å². The summed E-state index contributed by atoms with van der Waals surface area (Å²) in [6.45, 7) is 6.91. The van der Waals surface area contributed by atoms with E-state index in [0.717, 1.165) is 0 Å². The first-order valence-corrected chi connectivity index (χ1v) is 3.92. The Balaban J connectivity index is 3.20. The Kier molecular flexibility index (Phi) is 2.87. The van der Waals surface area contributed by atoms with Gasteiger partial charge in [0.2, 0.25) is 19.8 Å². The van der Waals surface area contributed by atoms with Crippen molar-refractivity contribution in [1.82, 2.24) is 4.81 Å². The molecule has 0 aromatic heterocycles. The van der Waals surface area contributed by atoms with Gasteiger partial charge in [-0.1, -0.05) is 31.4 Å². The Hall–Kier alpha value is -1.84. The first kappa shape index (κ1) is 10.2. The predicted octanol–water partition coefficient (Wildman–Crippen LogP) is 0.663. The number of allylic oxidation sites excluding steroid dienone is 2. The maximum absolute atomic E-state index is 11.4. The van der Waals surface area contributed by atoms with E-state index in [1.54, 1.807) is 6.08 Å². The third-order valence-corrected chi connectivity index (χ3v) is 1.79. The lowest BCUT2D eigenvalue weighted by Crippen LogP contribution is -2.28. The van der Waals surface area contributed by atoms with Gasteiger partial charge in [0.25, 0.3) is 0 Å². The van der Waals surface area contributed by atoms with Gasteiger partial charge in [-0.05, 0) is 6.08 Å². The van der Waals surface area contributed by atoms with Gasteiger partial charge < -0.3 is 4.81 Å². The zero-order valence-corrected chi connectivity index (χ0v) is 7.56. The van der Waals surface area contributed by atoms with Gasteiger partial charge in [0.1, 0.15) is 0 Å². The van der Waals surface area contributed by atoms with Crippen LogP contribution < -0.4 is 0 Å². The van der Waals surface area contributed by atoms with Crippen molar-refractivity contribution >= 4 is 19.8 Å². The largest absolute Gasteiger partial charge is 0.332 e. The van der Waals surface area contributed by atoms with Crippen LogP contribution in [0, 0.1) is 0 Å². The van der Waals surface area contributed by atoms with E-state index < -0.39 is 11.8 Å². The average Bonchev–Trinajstić information content (AvgIpc) is 2.39. The fourth-order valence-corrected chi connectivity index (χ4v) is 1.10. The van der Waals surface area contributed by atoms with Crippen molar-refractivity contribution in [3.63, 3.8) is 0 Å². The Morgan fingerprint density at radius 2 is 1.71 bits per heavy atom. The summed E-state index contributed by atoms with van der Waals surface area (Å²) in [7, 11) is 5.23. The highest BCUT2D eigenvalue weighted by atomic mass is 16.2. The lowest BCUT2D eigenvalue weighted by Gasteiger charge is -2.05. The van der Waals surface area contributed by atoms with E-state index >= 15 is 0 Å². The number of carbonyl (C=O) groups is 2. The van der Waals surface area contributed by atoms with Crippen LogP contribution in [0.5, 0.6) is 0 Å². The molecule has 4 heteroatoms. The highest BCUT2D eigenvalue weighted by Crippen LogP contribution is 2.20. The molecule has 14 heavy (non-hydrogen) atoms.